The van der Waals surface area contributed by atoms with E-state index in [0.29, 0.717) is 30.3 Å². The van der Waals surface area contributed by atoms with Gasteiger partial charge in [-0.1, -0.05) is 42.5 Å². The number of hydrogen-bond donors (Lipinski definition) is 1. The summed E-state index contributed by atoms with van der Waals surface area (Å²) in [5, 5.41) is 7.27. The Morgan fingerprint density at radius 1 is 1.14 bits per heavy atom. The van der Waals surface area contributed by atoms with Gasteiger partial charge in [0.1, 0.15) is 18.2 Å². The fraction of sp³-hybridized carbons (Fsp3) is 0.273. The number of hydrogen-bond acceptors (Lipinski definition) is 4. The highest BCUT2D eigenvalue weighted by molar-refractivity contribution is 6.05. The number of amides is 1. The second-order valence-electron chi connectivity index (χ2n) is 6.76. The van der Waals surface area contributed by atoms with Crippen molar-refractivity contribution in [1.82, 2.24) is 9.78 Å². The lowest BCUT2D eigenvalue weighted by Gasteiger charge is -2.15. The van der Waals surface area contributed by atoms with Crippen LogP contribution in [-0.2, 0) is 11.3 Å². The molecule has 1 aliphatic rings. The van der Waals surface area contributed by atoms with E-state index in [-0.39, 0.29) is 12.0 Å². The molecule has 1 atom stereocenters. The largest absolute Gasteiger partial charge is 0.490 e. The molecule has 28 heavy (non-hydrogen) atoms. The van der Waals surface area contributed by atoms with E-state index in [9.17, 15) is 4.79 Å². The first-order valence-corrected chi connectivity index (χ1v) is 9.50. The number of carbonyl (C=O) groups excluding carboxylic acids is 1. The van der Waals surface area contributed by atoms with Crippen molar-refractivity contribution in [3.8, 4) is 5.75 Å². The van der Waals surface area contributed by atoms with Crippen molar-refractivity contribution in [2.24, 2.45) is 0 Å². The molecular formula is C22H23N3O3. The molecule has 6 heteroatoms. The van der Waals surface area contributed by atoms with Crippen LogP contribution in [0, 0.1) is 0 Å². The predicted molar refractivity (Wildman–Crippen MR) is 107 cm³/mol. The van der Waals surface area contributed by atoms with Crippen LogP contribution in [0.4, 0.5) is 5.82 Å². The monoisotopic (exact) mass is 377 g/mol. The highest BCUT2D eigenvalue weighted by Crippen LogP contribution is 2.22. The molecule has 0 spiro atoms. The molecule has 0 saturated carbocycles. The van der Waals surface area contributed by atoms with E-state index >= 15 is 0 Å². The summed E-state index contributed by atoms with van der Waals surface area (Å²) in [6, 6.07) is 19.1. The number of nitrogens with zero attached hydrogens (tertiary/aromatic N) is 2. The standard InChI is InChI=1S/C22H23N3O3/c26-22(19-10-4-5-11-20(19)28-16-18-9-6-14-27-18)24-21-12-13-23-25(21)15-17-7-2-1-3-8-17/h1-5,7-8,10-13,18H,6,9,14-16H2,(H,24,26). The first kappa shape index (κ1) is 18.3. The second kappa shape index (κ2) is 8.71. The Morgan fingerprint density at radius 2 is 1.96 bits per heavy atom. The Kier molecular flexibility index (Phi) is 5.68. The number of para-hydroxylation sites is 1. The molecule has 6 nitrogen and oxygen atoms in total. The summed E-state index contributed by atoms with van der Waals surface area (Å²) in [5.41, 5.74) is 1.61. The number of aromatic nitrogens is 2. The van der Waals surface area contributed by atoms with Crippen molar-refractivity contribution >= 4 is 11.7 Å². The third kappa shape index (κ3) is 4.40. The highest BCUT2D eigenvalue weighted by Gasteiger charge is 2.19. The van der Waals surface area contributed by atoms with Crippen LogP contribution in [0.15, 0.2) is 66.9 Å². The maximum atomic E-state index is 12.9. The molecule has 1 aromatic heterocycles. The van der Waals surface area contributed by atoms with Gasteiger partial charge in [-0.25, -0.2) is 4.68 Å². The molecule has 1 fully saturated rings. The lowest BCUT2D eigenvalue weighted by molar-refractivity contribution is 0.0673. The summed E-state index contributed by atoms with van der Waals surface area (Å²) < 4.78 is 13.2. The predicted octanol–water partition coefficient (Wildman–Crippen LogP) is 3.74. The van der Waals surface area contributed by atoms with Gasteiger partial charge in [0.25, 0.3) is 5.91 Å². The number of anilines is 1. The van der Waals surface area contributed by atoms with Crippen LogP contribution >= 0.6 is 0 Å². The van der Waals surface area contributed by atoms with Gasteiger partial charge in [0.15, 0.2) is 0 Å². The van der Waals surface area contributed by atoms with E-state index in [4.69, 9.17) is 9.47 Å². The molecule has 1 amide bonds. The summed E-state index contributed by atoms with van der Waals surface area (Å²) >= 11 is 0. The molecule has 1 N–H and O–H groups in total. The number of ether oxygens (including phenoxy) is 2. The fourth-order valence-corrected chi connectivity index (χ4v) is 3.24. The molecule has 1 saturated heterocycles. The van der Waals surface area contributed by atoms with Crippen LogP contribution in [0.1, 0.15) is 28.8 Å². The number of benzene rings is 2. The van der Waals surface area contributed by atoms with E-state index in [1.54, 1.807) is 23.0 Å². The maximum absolute atomic E-state index is 12.9. The fourth-order valence-electron chi connectivity index (χ4n) is 3.24. The van der Waals surface area contributed by atoms with Gasteiger partial charge in [0.05, 0.1) is 24.4 Å². The Morgan fingerprint density at radius 3 is 2.79 bits per heavy atom. The van der Waals surface area contributed by atoms with E-state index in [0.717, 1.165) is 25.0 Å². The lowest BCUT2D eigenvalue weighted by Crippen LogP contribution is -2.20. The number of rotatable bonds is 7. The molecule has 2 heterocycles. The van der Waals surface area contributed by atoms with Crippen molar-refractivity contribution in [1.29, 1.82) is 0 Å². The Labute approximate surface area is 164 Å². The Hall–Kier alpha value is -3.12. The number of nitrogens with one attached hydrogen (secondary N) is 1. The van der Waals surface area contributed by atoms with Crippen molar-refractivity contribution in [2.45, 2.75) is 25.5 Å². The summed E-state index contributed by atoms with van der Waals surface area (Å²) in [7, 11) is 0. The van der Waals surface area contributed by atoms with E-state index in [1.165, 1.54) is 0 Å². The van der Waals surface area contributed by atoms with Gasteiger partial charge in [-0.15, -0.1) is 0 Å². The third-order valence-electron chi connectivity index (χ3n) is 4.71. The van der Waals surface area contributed by atoms with Crippen molar-refractivity contribution < 1.29 is 14.3 Å². The molecule has 1 aliphatic heterocycles. The minimum atomic E-state index is -0.224. The summed E-state index contributed by atoms with van der Waals surface area (Å²) in [6.07, 6.45) is 3.83. The zero-order valence-electron chi connectivity index (χ0n) is 15.6. The smallest absolute Gasteiger partial charge is 0.260 e. The van der Waals surface area contributed by atoms with Gasteiger partial charge in [0.2, 0.25) is 0 Å². The van der Waals surface area contributed by atoms with Gasteiger partial charge in [-0.05, 0) is 30.5 Å². The van der Waals surface area contributed by atoms with Gasteiger partial charge in [-0.3, -0.25) is 4.79 Å². The minimum absolute atomic E-state index is 0.100. The normalized spacial score (nSPS) is 16.1. The molecule has 4 rings (SSSR count). The Bertz CT molecular complexity index is 918. The van der Waals surface area contributed by atoms with Crippen molar-refractivity contribution in [2.75, 3.05) is 18.5 Å². The van der Waals surface area contributed by atoms with Crippen LogP contribution in [-0.4, -0.2) is 35.0 Å². The Balaban J connectivity index is 1.45. The van der Waals surface area contributed by atoms with Crippen LogP contribution in [0.3, 0.4) is 0 Å². The van der Waals surface area contributed by atoms with Gasteiger partial charge >= 0.3 is 0 Å². The minimum Gasteiger partial charge on any atom is -0.490 e. The summed E-state index contributed by atoms with van der Waals surface area (Å²) in [6.45, 7) is 1.82. The first-order chi connectivity index (χ1) is 13.8. The molecule has 2 aromatic carbocycles. The van der Waals surface area contributed by atoms with E-state index < -0.39 is 0 Å². The zero-order chi connectivity index (χ0) is 19.2. The quantitative estimate of drug-likeness (QED) is 0.681. The van der Waals surface area contributed by atoms with Gasteiger partial charge in [-0.2, -0.15) is 5.10 Å². The molecule has 0 bridgehead atoms. The topological polar surface area (TPSA) is 65.4 Å². The average molecular weight is 377 g/mol. The SMILES string of the molecule is O=C(Nc1ccnn1Cc1ccccc1)c1ccccc1OCC1CCCO1. The van der Waals surface area contributed by atoms with Crippen molar-refractivity contribution in [3.05, 3.63) is 78.0 Å². The first-order valence-electron chi connectivity index (χ1n) is 9.50. The number of carbonyl (C=O) groups is 1. The van der Waals surface area contributed by atoms with Crippen LogP contribution in [0.25, 0.3) is 0 Å². The van der Waals surface area contributed by atoms with Gasteiger partial charge in [0, 0.05) is 12.7 Å². The lowest BCUT2D eigenvalue weighted by atomic mass is 10.2. The molecule has 0 radical (unpaired) electrons. The van der Waals surface area contributed by atoms with Crippen molar-refractivity contribution in [3.63, 3.8) is 0 Å². The van der Waals surface area contributed by atoms with Crippen LogP contribution in [0.2, 0.25) is 0 Å². The summed E-state index contributed by atoms with van der Waals surface area (Å²) in [4.78, 5) is 12.9. The van der Waals surface area contributed by atoms with Crippen LogP contribution in [0.5, 0.6) is 5.75 Å². The van der Waals surface area contributed by atoms with E-state index in [1.807, 2.05) is 48.5 Å². The molecule has 144 valence electrons. The van der Waals surface area contributed by atoms with Crippen LogP contribution < -0.4 is 10.1 Å². The highest BCUT2D eigenvalue weighted by atomic mass is 16.5. The second-order valence-corrected chi connectivity index (χ2v) is 6.76. The summed E-state index contributed by atoms with van der Waals surface area (Å²) in [5.74, 6) is 0.977. The molecule has 1 unspecified atom stereocenters. The molecule has 3 aromatic rings. The molecule has 0 aliphatic carbocycles. The van der Waals surface area contributed by atoms with E-state index in [2.05, 4.69) is 10.4 Å². The maximum Gasteiger partial charge on any atom is 0.260 e. The average Bonchev–Trinajstić information content (AvgIpc) is 3.40. The zero-order valence-corrected chi connectivity index (χ0v) is 15.6. The third-order valence-corrected chi connectivity index (χ3v) is 4.71. The van der Waals surface area contributed by atoms with Gasteiger partial charge < -0.3 is 14.8 Å². The molecular weight excluding hydrogens is 354 g/mol.